The summed E-state index contributed by atoms with van der Waals surface area (Å²) in [5.74, 6) is 0.113. The lowest BCUT2D eigenvalue weighted by atomic mass is 9.82. The zero-order chi connectivity index (χ0) is 15.1. The van der Waals surface area contributed by atoms with Gasteiger partial charge in [0.15, 0.2) is 0 Å². The van der Waals surface area contributed by atoms with Gasteiger partial charge in [-0.3, -0.25) is 4.79 Å². The van der Waals surface area contributed by atoms with E-state index in [4.69, 9.17) is 5.26 Å². The minimum atomic E-state index is 0.113. The third kappa shape index (κ3) is 2.14. The first-order chi connectivity index (χ1) is 10.8. The molecule has 2 unspecified atom stereocenters. The molecule has 2 bridgehead atoms. The van der Waals surface area contributed by atoms with Gasteiger partial charge in [-0.1, -0.05) is 17.2 Å². The summed E-state index contributed by atoms with van der Waals surface area (Å²) in [6.07, 6.45) is 8.33. The topological polar surface area (TPSA) is 44.1 Å². The van der Waals surface area contributed by atoms with Crippen LogP contribution in [0.5, 0.6) is 0 Å². The standard InChI is InChI=1S/C19H20N2O/c20-12-13-3-1-6-15(9-13)19(22)21-17-7-8-18(21)11-16(10-17)14-4-2-5-14/h1,3,6,9,17-18H,2,4-5,7-8,10-11H2. The Morgan fingerprint density at radius 2 is 1.86 bits per heavy atom. The number of hydrogen-bond donors (Lipinski definition) is 0. The molecule has 3 aliphatic rings. The molecule has 1 aromatic carbocycles. The molecule has 2 atom stereocenters. The van der Waals surface area contributed by atoms with Gasteiger partial charge in [0.2, 0.25) is 0 Å². The van der Waals surface area contributed by atoms with Crippen molar-refractivity contribution in [1.29, 1.82) is 5.26 Å². The average molecular weight is 292 g/mol. The van der Waals surface area contributed by atoms with E-state index in [1.54, 1.807) is 29.3 Å². The molecule has 2 aliphatic heterocycles. The fourth-order valence-electron chi connectivity index (χ4n) is 4.21. The van der Waals surface area contributed by atoms with E-state index >= 15 is 0 Å². The summed E-state index contributed by atoms with van der Waals surface area (Å²) in [4.78, 5) is 15.0. The molecule has 0 radical (unpaired) electrons. The van der Waals surface area contributed by atoms with Crippen molar-refractivity contribution in [3.8, 4) is 6.07 Å². The molecule has 0 spiro atoms. The molecule has 4 rings (SSSR count). The summed E-state index contributed by atoms with van der Waals surface area (Å²) in [7, 11) is 0. The number of benzene rings is 1. The maximum atomic E-state index is 12.9. The molecule has 1 amide bonds. The first kappa shape index (κ1) is 13.6. The molecule has 1 saturated carbocycles. The number of hydrogen-bond acceptors (Lipinski definition) is 2. The molecule has 22 heavy (non-hydrogen) atoms. The number of nitriles is 1. The van der Waals surface area contributed by atoms with E-state index in [0.717, 1.165) is 25.7 Å². The van der Waals surface area contributed by atoms with Crippen molar-refractivity contribution in [3.63, 3.8) is 0 Å². The predicted molar refractivity (Wildman–Crippen MR) is 84.2 cm³/mol. The van der Waals surface area contributed by atoms with Gasteiger partial charge < -0.3 is 4.90 Å². The summed E-state index contributed by atoms with van der Waals surface area (Å²) in [6, 6.07) is 9.99. The molecule has 1 aliphatic carbocycles. The lowest BCUT2D eigenvalue weighted by molar-refractivity contribution is 0.0633. The van der Waals surface area contributed by atoms with Crippen LogP contribution in [0, 0.1) is 11.3 Å². The van der Waals surface area contributed by atoms with Crippen LogP contribution in [0.25, 0.3) is 0 Å². The first-order valence-corrected chi connectivity index (χ1v) is 8.29. The Morgan fingerprint density at radius 1 is 1.14 bits per heavy atom. The van der Waals surface area contributed by atoms with E-state index < -0.39 is 0 Å². The maximum Gasteiger partial charge on any atom is 0.254 e. The Kier molecular flexibility index (Phi) is 3.26. The number of carbonyl (C=O) groups is 1. The van der Waals surface area contributed by atoms with Crippen LogP contribution < -0.4 is 0 Å². The zero-order valence-electron chi connectivity index (χ0n) is 12.7. The van der Waals surface area contributed by atoms with E-state index in [1.807, 2.05) is 6.07 Å². The summed E-state index contributed by atoms with van der Waals surface area (Å²) >= 11 is 0. The summed E-state index contributed by atoms with van der Waals surface area (Å²) in [5.41, 5.74) is 4.55. The third-order valence-electron chi connectivity index (χ3n) is 5.51. The number of fused-ring (bicyclic) bond motifs is 2. The Bertz CT molecular complexity index is 676. The summed E-state index contributed by atoms with van der Waals surface area (Å²) < 4.78 is 0. The summed E-state index contributed by atoms with van der Waals surface area (Å²) in [5, 5.41) is 9.02. The Morgan fingerprint density at radius 3 is 2.45 bits per heavy atom. The number of rotatable bonds is 1. The zero-order valence-corrected chi connectivity index (χ0v) is 12.7. The number of amides is 1. The number of piperidine rings is 1. The average Bonchev–Trinajstić information content (AvgIpc) is 2.76. The van der Waals surface area contributed by atoms with E-state index in [0.29, 0.717) is 23.2 Å². The van der Waals surface area contributed by atoms with E-state index in [-0.39, 0.29) is 5.91 Å². The van der Waals surface area contributed by atoms with Crippen LogP contribution in [0.1, 0.15) is 60.9 Å². The van der Waals surface area contributed by atoms with Crippen LogP contribution in [0.3, 0.4) is 0 Å². The molecule has 3 fully saturated rings. The minimum Gasteiger partial charge on any atom is -0.332 e. The second-order valence-corrected chi connectivity index (χ2v) is 6.76. The van der Waals surface area contributed by atoms with Crippen molar-refractivity contribution in [2.75, 3.05) is 0 Å². The molecule has 0 N–H and O–H groups in total. The molecule has 112 valence electrons. The molecule has 3 nitrogen and oxygen atoms in total. The fraction of sp³-hybridized carbons (Fsp3) is 0.474. The predicted octanol–water partition coefficient (Wildman–Crippen LogP) is 3.81. The van der Waals surface area contributed by atoms with Crippen molar-refractivity contribution in [1.82, 2.24) is 4.90 Å². The quantitative estimate of drug-likeness (QED) is 0.739. The lowest BCUT2D eigenvalue weighted by Gasteiger charge is -2.38. The first-order valence-electron chi connectivity index (χ1n) is 8.29. The minimum absolute atomic E-state index is 0.113. The van der Waals surface area contributed by atoms with Gasteiger partial charge in [-0.15, -0.1) is 0 Å². The van der Waals surface area contributed by atoms with Crippen molar-refractivity contribution < 1.29 is 4.79 Å². The fourth-order valence-corrected chi connectivity index (χ4v) is 4.21. The highest BCUT2D eigenvalue weighted by Crippen LogP contribution is 2.43. The molecule has 2 saturated heterocycles. The SMILES string of the molecule is N#Cc1cccc(C(=O)N2C3CCC2CC(=C2CCC2)C3)c1. The maximum absolute atomic E-state index is 12.9. The monoisotopic (exact) mass is 292 g/mol. The van der Waals surface area contributed by atoms with Gasteiger partial charge in [-0.25, -0.2) is 0 Å². The highest BCUT2D eigenvalue weighted by molar-refractivity contribution is 5.95. The summed E-state index contributed by atoms with van der Waals surface area (Å²) in [6.45, 7) is 0. The van der Waals surface area contributed by atoms with Crippen LogP contribution in [0.4, 0.5) is 0 Å². The normalized spacial score (nSPS) is 26.6. The molecule has 2 heterocycles. The van der Waals surface area contributed by atoms with Crippen molar-refractivity contribution >= 4 is 5.91 Å². The molecular formula is C19H20N2O. The van der Waals surface area contributed by atoms with Gasteiger partial charge in [0.05, 0.1) is 11.6 Å². The Balaban J connectivity index is 1.59. The molecule has 3 heteroatoms. The highest BCUT2D eigenvalue weighted by Gasteiger charge is 2.42. The number of nitrogens with zero attached hydrogens (tertiary/aromatic N) is 2. The van der Waals surface area contributed by atoms with Crippen molar-refractivity contribution in [2.24, 2.45) is 0 Å². The van der Waals surface area contributed by atoms with Crippen LogP contribution >= 0.6 is 0 Å². The van der Waals surface area contributed by atoms with Crippen LogP contribution in [-0.2, 0) is 0 Å². The molecule has 1 aromatic rings. The van der Waals surface area contributed by atoms with Gasteiger partial charge in [0.1, 0.15) is 0 Å². The number of carbonyl (C=O) groups excluding carboxylic acids is 1. The van der Waals surface area contributed by atoms with E-state index in [2.05, 4.69) is 11.0 Å². The number of allylic oxidation sites excluding steroid dienone is 1. The van der Waals surface area contributed by atoms with Gasteiger partial charge in [0, 0.05) is 17.6 Å². The van der Waals surface area contributed by atoms with Crippen LogP contribution in [-0.4, -0.2) is 22.9 Å². The van der Waals surface area contributed by atoms with E-state index in [1.165, 1.54) is 19.3 Å². The van der Waals surface area contributed by atoms with Gasteiger partial charge in [-0.2, -0.15) is 5.26 Å². The Hall–Kier alpha value is -2.08. The third-order valence-corrected chi connectivity index (χ3v) is 5.51. The van der Waals surface area contributed by atoms with Crippen LogP contribution in [0.2, 0.25) is 0 Å². The van der Waals surface area contributed by atoms with E-state index in [9.17, 15) is 4.79 Å². The lowest BCUT2D eigenvalue weighted by Crippen LogP contribution is -2.45. The van der Waals surface area contributed by atoms with Gasteiger partial charge >= 0.3 is 0 Å². The van der Waals surface area contributed by atoms with Gasteiger partial charge in [-0.05, 0) is 63.1 Å². The van der Waals surface area contributed by atoms with Gasteiger partial charge in [0.25, 0.3) is 5.91 Å². The molecule has 0 aromatic heterocycles. The largest absolute Gasteiger partial charge is 0.332 e. The second-order valence-electron chi connectivity index (χ2n) is 6.76. The molecular weight excluding hydrogens is 272 g/mol. The second kappa shape index (κ2) is 5.28. The van der Waals surface area contributed by atoms with Crippen LogP contribution in [0.15, 0.2) is 35.4 Å². The van der Waals surface area contributed by atoms with Crippen molar-refractivity contribution in [3.05, 3.63) is 46.5 Å². The highest BCUT2D eigenvalue weighted by atomic mass is 16.2. The smallest absolute Gasteiger partial charge is 0.254 e. The van der Waals surface area contributed by atoms with Crippen molar-refractivity contribution in [2.45, 2.75) is 57.0 Å². The Labute approximate surface area is 131 Å².